The lowest BCUT2D eigenvalue weighted by Gasteiger charge is -2.18. The number of nitrogens with two attached hydrogens (primary N) is 1. The number of alkyl halides is 2. The standard InChI is InChI=1S/C8H13F2N3O2/c1-3(2)4(11)5(14)7-12-8(6(9)10)15-13-7/h3-6,14H,11H2,1-2H3/t4-,5?/m0/s1. The highest BCUT2D eigenvalue weighted by atomic mass is 19.3. The Kier molecular flexibility index (Phi) is 3.70. The summed E-state index contributed by atoms with van der Waals surface area (Å²) in [6.45, 7) is 3.59. The minimum atomic E-state index is -2.84. The first-order valence-electron chi connectivity index (χ1n) is 4.48. The molecule has 0 fully saturated rings. The lowest BCUT2D eigenvalue weighted by atomic mass is 9.99. The molecule has 1 unspecified atom stereocenters. The largest absolute Gasteiger partial charge is 0.383 e. The molecule has 0 saturated heterocycles. The predicted octanol–water partition coefficient (Wildman–Crippen LogP) is 1.02. The van der Waals surface area contributed by atoms with Crippen LogP contribution in [0.15, 0.2) is 4.52 Å². The van der Waals surface area contributed by atoms with Crippen molar-refractivity contribution in [2.45, 2.75) is 32.4 Å². The normalized spacial score (nSPS) is 16.0. The first-order chi connectivity index (χ1) is 6.93. The molecule has 1 heterocycles. The van der Waals surface area contributed by atoms with Gasteiger partial charge in [0.15, 0.2) is 0 Å². The van der Waals surface area contributed by atoms with Gasteiger partial charge in [0.2, 0.25) is 5.82 Å². The predicted molar refractivity (Wildman–Crippen MR) is 47.0 cm³/mol. The van der Waals surface area contributed by atoms with Gasteiger partial charge in [0.05, 0.1) is 0 Å². The van der Waals surface area contributed by atoms with Crippen LogP contribution >= 0.6 is 0 Å². The summed E-state index contributed by atoms with van der Waals surface area (Å²) in [5.74, 6) is -1.03. The molecule has 0 radical (unpaired) electrons. The summed E-state index contributed by atoms with van der Waals surface area (Å²) in [4.78, 5) is 3.36. The van der Waals surface area contributed by atoms with Gasteiger partial charge in [0, 0.05) is 6.04 Å². The molecule has 15 heavy (non-hydrogen) atoms. The Morgan fingerprint density at radius 3 is 2.40 bits per heavy atom. The van der Waals surface area contributed by atoms with E-state index < -0.39 is 24.5 Å². The summed E-state index contributed by atoms with van der Waals surface area (Å²) < 4.78 is 28.4. The van der Waals surface area contributed by atoms with Crippen LogP contribution in [0.4, 0.5) is 8.78 Å². The molecule has 0 aliphatic carbocycles. The van der Waals surface area contributed by atoms with Gasteiger partial charge in [-0.2, -0.15) is 13.8 Å². The number of aliphatic hydroxyl groups excluding tert-OH is 1. The zero-order chi connectivity index (χ0) is 11.6. The smallest absolute Gasteiger partial charge is 0.315 e. The van der Waals surface area contributed by atoms with E-state index in [1.807, 2.05) is 0 Å². The molecule has 7 heteroatoms. The molecule has 0 saturated carbocycles. The van der Waals surface area contributed by atoms with E-state index in [1.54, 1.807) is 13.8 Å². The Morgan fingerprint density at radius 1 is 1.40 bits per heavy atom. The van der Waals surface area contributed by atoms with Crippen molar-refractivity contribution in [3.8, 4) is 0 Å². The first-order valence-corrected chi connectivity index (χ1v) is 4.48. The first kappa shape index (κ1) is 12.0. The third-order valence-electron chi connectivity index (χ3n) is 2.04. The summed E-state index contributed by atoms with van der Waals surface area (Å²) >= 11 is 0. The highest BCUT2D eigenvalue weighted by Gasteiger charge is 2.26. The molecule has 86 valence electrons. The van der Waals surface area contributed by atoms with Crippen LogP contribution in [0.5, 0.6) is 0 Å². The van der Waals surface area contributed by atoms with Gasteiger partial charge in [0.25, 0.3) is 5.89 Å². The molecule has 1 aromatic rings. The maximum atomic E-state index is 12.1. The van der Waals surface area contributed by atoms with E-state index in [0.29, 0.717) is 0 Å². The van der Waals surface area contributed by atoms with Crippen LogP contribution < -0.4 is 5.73 Å². The molecule has 5 nitrogen and oxygen atoms in total. The summed E-state index contributed by atoms with van der Waals surface area (Å²) in [7, 11) is 0. The summed E-state index contributed by atoms with van der Waals surface area (Å²) in [5, 5.41) is 12.8. The lowest BCUT2D eigenvalue weighted by molar-refractivity contribution is 0.104. The third-order valence-corrected chi connectivity index (χ3v) is 2.04. The fraction of sp³-hybridized carbons (Fsp3) is 0.750. The van der Waals surface area contributed by atoms with Gasteiger partial charge in [-0.3, -0.25) is 0 Å². The van der Waals surface area contributed by atoms with Crippen molar-refractivity contribution in [3.63, 3.8) is 0 Å². The van der Waals surface area contributed by atoms with Crippen LogP contribution in [0.2, 0.25) is 0 Å². The molecule has 2 atom stereocenters. The number of halogens is 2. The average Bonchev–Trinajstić information content (AvgIpc) is 2.64. The second-order valence-corrected chi connectivity index (χ2v) is 3.56. The highest BCUT2D eigenvalue weighted by Crippen LogP contribution is 2.21. The van der Waals surface area contributed by atoms with Gasteiger partial charge in [0.1, 0.15) is 6.10 Å². The molecule has 3 N–H and O–H groups in total. The van der Waals surface area contributed by atoms with E-state index in [1.165, 1.54) is 0 Å². The second-order valence-electron chi connectivity index (χ2n) is 3.56. The summed E-state index contributed by atoms with van der Waals surface area (Å²) in [6.07, 6.45) is -4.03. The van der Waals surface area contributed by atoms with Gasteiger partial charge in [-0.1, -0.05) is 19.0 Å². The number of hydrogen-bond donors (Lipinski definition) is 2. The van der Waals surface area contributed by atoms with Gasteiger partial charge in [-0.05, 0) is 5.92 Å². The van der Waals surface area contributed by atoms with Crippen LogP contribution in [0.3, 0.4) is 0 Å². The molecule has 0 bridgehead atoms. The van der Waals surface area contributed by atoms with Crippen molar-refractivity contribution in [2.75, 3.05) is 0 Å². The molecule has 0 aliphatic rings. The topological polar surface area (TPSA) is 85.2 Å². The SMILES string of the molecule is CC(C)[C@H](N)C(O)c1noc(C(F)F)n1. The van der Waals surface area contributed by atoms with Crippen molar-refractivity contribution in [1.29, 1.82) is 0 Å². The van der Waals surface area contributed by atoms with Gasteiger partial charge < -0.3 is 15.4 Å². The molecule has 1 aromatic heterocycles. The second kappa shape index (κ2) is 4.63. The van der Waals surface area contributed by atoms with Crippen molar-refractivity contribution in [2.24, 2.45) is 11.7 Å². The minimum Gasteiger partial charge on any atom is -0.383 e. The van der Waals surface area contributed by atoms with Crippen molar-refractivity contribution in [3.05, 3.63) is 11.7 Å². The van der Waals surface area contributed by atoms with Gasteiger partial charge in [-0.25, -0.2) is 0 Å². The monoisotopic (exact) mass is 221 g/mol. The Bertz CT molecular complexity index is 317. The Labute approximate surface area is 85.3 Å². The summed E-state index contributed by atoms with van der Waals surface area (Å²) in [5.41, 5.74) is 5.62. The van der Waals surface area contributed by atoms with Gasteiger partial charge in [-0.15, -0.1) is 0 Å². The molecule has 0 aromatic carbocycles. The van der Waals surface area contributed by atoms with Crippen molar-refractivity contribution < 1.29 is 18.4 Å². The fourth-order valence-corrected chi connectivity index (χ4v) is 0.993. The molecule has 0 amide bonds. The lowest BCUT2D eigenvalue weighted by Crippen LogP contribution is -2.34. The molecule has 0 spiro atoms. The van der Waals surface area contributed by atoms with Gasteiger partial charge >= 0.3 is 6.43 Å². The van der Waals surface area contributed by atoms with Crippen molar-refractivity contribution >= 4 is 0 Å². The quantitative estimate of drug-likeness (QED) is 0.792. The van der Waals surface area contributed by atoms with Crippen LogP contribution in [0.25, 0.3) is 0 Å². The van der Waals surface area contributed by atoms with Crippen LogP contribution in [-0.4, -0.2) is 21.3 Å². The van der Waals surface area contributed by atoms with E-state index in [4.69, 9.17) is 5.73 Å². The van der Waals surface area contributed by atoms with Crippen LogP contribution in [0.1, 0.15) is 38.1 Å². The van der Waals surface area contributed by atoms with E-state index >= 15 is 0 Å². The summed E-state index contributed by atoms with van der Waals surface area (Å²) in [6, 6.07) is -0.617. The van der Waals surface area contributed by atoms with E-state index in [0.717, 1.165) is 0 Å². The van der Waals surface area contributed by atoms with Crippen LogP contribution in [-0.2, 0) is 0 Å². The van der Waals surface area contributed by atoms with Crippen molar-refractivity contribution in [1.82, 2.24) is 10.1 Å². The zero-order valence-electron chi connectivity index (χ0n) is 8.39. The Hall–Kier alpha value is -1.08. The maximum absolute atomic E-state index is 12.1. The number of nitrogens with zero attached hydrogens (tertiary/aromatic N) is 2. The molecular weight excluding hydrogens is 208 g/mol. The third kappa shape index (κ3) is 2.69. The van der Waals surface area contributed by atoms with E-state index in [9.17, 15) is 13.9 Å². The number of hydrogen-bond acceptors (Lipinski definition) is 5. The van der Waals surface area contributed by atoms with E-state index in [-0.39, 0.29) is 11.7 Å². The Balaban J connectivity index is 2.78. The highest BCUT2D eigenvalue weighted by molar-refractivity contribution is 4.96. The maximum Gasteiger partial charge on any atom is 0.315 e. The Morgan fingerprint density at radius 2 is 2.00 bits per heavy atom. The number of aliphatic hydroxyl groups is 1. The molecular formula is C8H13F2N3O2. The van der Waals surface area contributed by atoms with E-state index in [2.05, 4.69) is 14.7 Å². The average molecular weight is 221 g/mol. The molecule has 1 rings (SSSR count). The number of aromatic nitrogens is 2. The van der Waals surface area contributed by atoms with Crippen LogP contribution in [0, 0.1) is 5.92 Å². The zero-order valence-corrected chi connectivity index (χ0v) is 8.39. The molecule has 0 aliphatic heterocycles. The minimum absolute atomic E-state index is 0.0199. The fourth-order valence-electron chi connectivity index (χ4n) is 0.993. The number of rotatable bonds is 4.